The molecule has 0 radical (unpaired) electrons. The van der Waals surface area contributed by atoms with Crippen LogP contribution >= 0.6 is 0 Å². The Morgan fingerprint density at radius 3 is 2.75 bits per heavy atom. The molecule has 3 nitrogen and oxygen atoms in total. The molecule has 0 saturated heterocycles. The smallest absolute Gasteiger partial charge is 0.145 e. The summed E-state index contributed by atoms with van der Waals surface area (Å²) < 4.78 is 2.02. The fourth-order valence-corrected chi connectivity index (χ4v) is 1.27. The predicted molar refractivity (Wildman–Crippen MR) is 51.0 cm³/mol. The first kappa shape index (κ1) is 9.10. The fourth-order valence-electron chi connectivity index (χ4n) is 1.27. The van der Waals surface area contributed by atoms with Crippen LogP contribution in [0.1, 0.15) is 38.9 Å². The number of rotatable bonds is 3. The van der Waals surface area contributed by atoms with Gasteiger partial charge in [0.25, 0.3) is 0 Å². The molecule has 1 aromatic heterocycles. The number of hydrogen-bond donors (Lipinski definition) is 1. The van der Waals surface area contributed by atoms with E-state index in [0.717, 1.165) is 12.8 Å². The van der Waals surface area contributed by atoms with Gasteiger partial charge in [-0.2, -0.15) is 5.10 Å². The maximum Gasteiger partial charge on any atom is 0.145 e. The second kappa shape index (κ2) is 3.61. The van der Waals surface area contributed by atoms with E-state index in [4.69, 9.17) is 5.73 Å². The number of nitrogens with two attached hydrogens (primary N) is 1. The van der Waals surface area contributed by atoms with Gasteiger partial charge in [-0.3, -0.25) is 4.68 Å². The molecule has 1 atom stereocenters. The molecule has 0 aliphatic carbocycles. The van der Waals surface area contributed by atoms with E-state index in [0.29, 0.717) is 11.9 Å². The first-order chi connectivity index (χ1) is 5.69. The lowest BCUT2D eigenvalue weighted by molar-refractivity contribution is 0.463. The molecule has 0 bridgehead atoms. The monoisotopic (exact) mass is 167 g/mol. The van der Waals surface area contributed by atoms with E-state index in [2.05, 4.69) is 25.9 Å². The van der Waals surface area contributed by atoms with E-state index in [1.165, 1.54) is 5.69 Å². The molecule has 0 aliphatic rings. The number of nitrogen functional groups attached to an aromatic ring is 1. The van der Waals surface area contributed by atoms with Crippen molar-refractivity contribution in [1.29, 1.82) is 0 Å². The fraction of sp³-hybridized carbons (Fsp3) is 0.667. The molecule has 1 unspecified atom stereocenters. The van der Waals surface area contributed by atoms with Crippen molar-refractivity contribution in [1.82, 2.24) is 9.78 Å². The van der Waals surface area contributed by atoms with Gasteiger partial charge in [-0.15, -0.1) is 0 Å². The minimum absolute atomic E-state index is 0.456. The van der Waals surface area contributed by atoms with Gasteiger partial charge < -0.3 is 5.73 Å². The molecular formula is C9H17N3. The van der Waals surface area contributed by atoms with Crippen LogP contribution in [-0.2, 0) is 6.42 Å². The largest absolute Gasteiger partial charge is 0.382 e. The van der Waals surface area contributed by atoms with E-state index >= 15 is 0 Å². The Morgan fingerprint density at radius 2 is 2.25 bits per heavy atom. The van der Waals surface area contributed by atoms with Gasteiger partial charge in [0.1, 0.15) is 5.82 Å². The zero-order valence-electron chi connectivity index (χ0n) is 8.04. The molecule has 0 saturated carbocycles. The van der Waals surface area contributed by atoms with Crippen LogP contribution in [0.3, 0.4) is 0 Å². The summed E-state index contributed by atoms with van der Waals surface area (Å²) in [6.07, 6.45) is 2.09. The minimum Gasteiger partial charge on any atom is -0.382 e. The van der Waals surface area contributed by atoms with Crippen molar-refractivity contribution in [2.75, 3.05) is 5.73 Å². The summed E-state index contributed by atoms with van der Waals surface area (Å²) in [7, 11) is 0. The van der Waals surface area contributed by atoms with Crippen LogP contribution in [0.25, 0.3) is 0 Å². The van der Waals surface area contributed by atoms with Crippen LogP contribution in [0.5, 0.6) is 0 Å². The van der Waals surface area contributed by atoms with Gasteiger partial charge in [0, 0.05) is 17.8 Å². The summed E-state index contributed by atoms with van der Waals surface area (Å²) in [4.78, 5) is 0. The Kier molecular flexibility index (Phi) is 2.74. The summed E-state index contributed by atoms with van der Waals surface area (Å²) in [5.41, 5.74) is 6.84. The summed E-state index contributed by atoms with van der Waals surface area (Å²) in [5, 5.41) is 4.25. The van der Waals surface area contributed by atoms with Gasteiger partial charge in [-0.05, 0) is 19.8 Å². The highest BCUT2D eigenvalue weighted by molar-refractivity contribution is 5.29. The Bertz CT molecular complexity index is 252. The first-order valence-corrected chi connectivity index (χ1v) is 4.52. The SMILES string of the molecule is CCc1cc(N)nn1C(C)CC. The Morgan fingerprint density at radius 1 is 1.58 bits per heavy atom. The van der Waals surface area contributed by atoms with Gasteiger partial charge in [0.15, 0.2) is 0 Å². The average molecular weight is 167 g/mol. The summed E-state index contributed by atoms with van der Waals surface area (Å²) in [6.45, 7) is 6.43. The van der Waals surface area contributed by atoms with Crippen molar-refractivity contribution in [3.8, 4) is 0 Å². The summed E-state index contributed by atoms with van der Waals surface area (Å²) >= 11 is 0. The molecule has 0 aromatic carbocycles. The van der Waals surface area contributed by atoms with E-state index < -0.39 is 0 Å². The van der Waals surface area contributed by atoms with Crippen LogP contribution in [0.2, 0.25) is 0 Å². The molecule has 1 aromatic rings. The van der Waals surface area contributed by atoms with Crippen LogP contribution in [0, 0.1) is 0 Å². The van der Waals surface area contributed by atoms with Gasteiger partial charge in [-0.1, -0.05) is 13.8 Å². The molecule has 2 N–H and O–H groups in total. The van der Waals surface area contributed by atoms with Gasteiger partial charge in [0.05, 0.1) is 0 Å². The Balaban J connectivity index is 2.96. The second-order valence-corrected chi connectivity index (χ2v) is 3.12. The number of aromatic nitrogens is 2. The molecule has 0 amide bonds. The molecule has 12 heavy (non-hydrogen) atoms. The third kappa shape index (κ3) is 1.60. The summed E-state index contributed by atoms with van der Waals surface area (Å²) in [6, 6.07) is 2.41. The third-order valence-electron chi connectivity index (χ3n) is 2.20. The molecule has 68 valence electrons. The van der Waals surface area contributed by atoms with Crippen LogP contribution in [0.15, 0.2) is 6.07 Å². The highest BCUT2D eigenvalue weighted by Crippen LogP contribution is 2.15. The van der Waals surface area contributed by atoms with Crippen LogP contribution in [-0.4, -0.2) is 9.78 Å². The maximum atomic E-state index is 5.62. The molecule has 0 fully saturated rings. The maximum absolute atomic E-state index is 5.62. The van der Waals surface area contributed by atoms with Gasteiger partial charge in [0.2, 0.25) is 0 Å². The lowest BCUT2D eigenvalue weighted by Crippen LogP contribution is -2.09. The quantitative estimate of drug-likeness (QED) is 0.748. The molecule has 0 aliphatic heterocycles. The summed E-state index contributed by atoms with van der Waals surface area (Å²) in [5.74, 6) is 0.632. The van der Waals surface area contributed by atoms with E-state index in [1.807, 2.05) is 10.7 Å². The van der Waals surface area contributed by atoms with Crippen molar-refractivity contribution < 1.29 is 0 Å². The molecule has 1 rings (SSSR count). The topological polar surface area (TPSA) is 43.8 Å². The lowest BCUT2D eigenvalue weighted by Gasteiger charge is -2.11. The van der Waals surface area contributed by atoms with Crippen molar-refractivity contribution in [3.05, 3.63) is 11.8 Å². The predicted octanol–water partition coefficient (Wildman–Crippen LogP) is 2.00. The van der Waals surface area contributed by atoms with Crippen molar-refractivity contribution in [2.45, 2.75) is 39.7 Å². The minimum atomic E-state index is 0.456. The Hall–Kier alpha value is -0.990. The zero-order valence-corrected chi connectivity index (χ0v) is 8.04. The lowest BCUT2D eigenvalue weighted by atomic mass is 10.2. The van der Waals surface area contributed by atoms with Crippen molar-refractivity contribution in [2.24, 2.45) is 0 Å². The van der Waals surface area contributed by atoms with Crippen molar-refractivity contribution in [3.63, 3.8) is 0 Å². The first-order valence-electron chi connectivity index (χ1n) is 4.52. The molecule has 0 spiro atoms. The zero-order chi connectivity index (χ0) is 9.14. The molecule has 1 heterocycles. The highest BCUT2D eigenvalue weighted by atomic mass is 15.3. The average Bonchev–Trinajstić information content (AvgIpc) is 2.45. The van der Waals surface area contributed by atoms with Crippen LogP contribution in [0.4, 0.5) is 5.82 Å². The van der Waals surface area contributed by atoms with Crippen molar-refractivity contribution >= 4 is 5.82 Å². The van der Waals surface area contributed by atoms with Gasteiger partial charge >= 0.3 is 0 Å². The number of aryl methyl sites for hydroxylation is 1. The Labute approximate surface area is 73.6 Å². The van der Waals surface area contributed by atoms with E-state index in [9.17, 15) is 0 Å². The standard InChI is InChI=1S/C9H17N3/c1-4-7(3)12-8(5-2)6-9(10)11-12/h6-7H,4-5H2,1-3H3,(H2,10,11). The number of anilines is 1. The molecule has 3 heteroatoms. The second-order valence-electron chi connectivity index (χ2n) is 3.12. The van der Waals surface area contributed by atoms with E-state index in [-0.39, 0.29) is 0 Å². The number of nitrogens with zero attached hydrogens (tertiary/aromatic N) is 2. The normalized spacial score (nSPS) is 13.2. The van der Waals surface area contributed by atoms with Gasteiger partial charge in [-0.25, -0.2) is 0 Å². The highest BCUT2D eigenvalue weighted by Gasteiger charge is 2.08. The van der Waals surface area contributed by atoms with E-state index in [1.54, 1.807) is 0 Å². The molecular weight excluding hydrogens is 150 g/mol. The third-order valence-corrected chi connectivity index (χ3v) is 2.20. The number of hydrogen-bond acceptors (Lipinski definition) is 2. The van der Waals surface area contributed by atoms with Crippen LogP contribution < -0.4 is 5.73 Å².